The van der Waals surface area contributed by atoms with Gasteiger partial charge in [-0.2, -0.15) is 4.98 Å². The SMILES string of the molecule is CCCc1noc(CCC(=O)N2CCO[C@H](CC)C2)n1. The van der Waals surface area contributed by atoms with Crippen LogP contribution >= 0.6 is 0 Å². The normalized spacial score (nSPS) is 19.3. The molecule has 0 saturated carbocycles. The van der Waals surface area contributed by atoms with Crippen LogP contribution in [0.3, 0.4) is 0 Å². The van der Waals surface area contributed by atoms with E-state index >= 15 is 0 Å². The zero-order valence-corrected chi connectivity index (χ0v) is 12.3. The van der Waals surface area contributed by atoms with Gasteiger partial charge in [0.2, 0.25) is 11.8 Å². The van der Waals surface area contributed by atoms with Gasteiger partial charge in [-0.3, -0.25) is 4.79 Å². The molecule has 2 heterocycles. The number of hydrogen-bond acceptors (Lipinski definition) is 5. The van der Waals surface area contributed by atoms with E-state index in [1.165, 1.54) is 0 Å². The van der Waals surface area contributed by atoms with E-state index in [0.29, 0.717) is 38.4 Å². The van der Waals surface area contributed by atoms with Gasteiger partial charge in [-0.1, -0.05) is 19.0 Å². The maximum atomic E-state index is 12.1. The molecule has 6 nitrogen and oxygen atoms in total. The van der Waals surface area contributed by atoms with Gasteiger partial charge in [0.25, 0.3) is 0 Å². The van der Waals surface area contributed by atoms with Gasteiger partial charge in [-0.05, 0) is 12.8 Å². The summed E-state index contributed by atoms with van der Waals surface area (Å²) in [6.07, 6.45) is 3.86. The molecule has 0 bridgehead atoms. The van der Waals surface area contributed by atoms with Crippen molar-refractivity contribution in [2.75, 3.05) is 19.7 Å². The molecular weight excluding hydrogens is 258 g/mol. The van der Waals surface area contributed by atoms with E-state index in [1.807, 2.05) is 4.90 Å². The third kappa shape index (κ3) is 4.03. The molecule has 0 radical (unpaired) electrons. The van der Waals surface area contributed by atoms with E-state index in [9.17, 15) is 4.79 Å². The van der Waals surface area contributed by atoms with Crippen LogP contribution in [0, 0.1) is 0 Å². The largest absolute Gasteiger partial charge is 0.375 e. The molecule has 20 heavy (non-hydrogen) atoms. The second-order valence-corrected chi connectivity index (χ2v) is 5.10. The Morgan fingerprint density at radius 2 is 2.25 bits per heavy atom. The van der Waals surface area contributed by atoms with Gasteiger partial charge in [-0.15, -0.1) is 0 Å². The lowest BCUT2D eigenvalue weighted by Crippen LogP contribution is -2.45. The summed E-state index contributed by atoms with van der Waals surface area (Å²) in [5, 5.41) is 3.89. The first kappa shape index (κ1) is 15.0. The Kier molecular flexibility index (Phi) is 5.52. The number of nitrogens with zero attached hydrogens (tertiary/aromatic N) is 3. The second kappa shape index (κ2) is 7.38. The van der Waals surface area contributed by atoms with E-state index in [2.05, 4.69) is 24.0 Å². The highest BCUT2D eigenvalue weighted by Gasteiger charge is 2.23. The van der Waals surface area contributed by atoms with Gasteiger partial charge in [-0.25, -0.2) is 0 Å². The van der Waals surface area contributed by atoms with Gasteiger partial charge in [0.05, 0.1) is 12.7 Å². The zero-order chi connectivity index (χ0) is 14.4. The molecule has 1 aromatic rings. The van der Waals surface area contributed by atoms with Crippen molar-refractivity contribution in [2.45, 2.75) is 52.1 Å². The average Bonchev–Trinajstić information content (AvgIpc) is 2.93. The van der Waals surface area contributed by atoms with Gasteiger partial charge < -0.3 is 14.2 Å². The maximum absolute atomic E-state index is 12.1. The number of aryl methyl sites for hydroxylation is 2. The van der Waals surface area contributed by atoms with Crippen molar-refractivity contribution < 1.29 is 14.1 Å². The first-order chi connectivity index (χ1) is 9.72. The van der Waals surface area contributed by atoms with Crippen LogP contribution in [0.4, 0.5) is 0 Å². The third-order valence-electron chi connectivity index (χ3n) is 3.48. The maximum Gasteiger partial charge on any atom is 0.227 e. The molecule has 112 valence electrons. The van der Waals surface area contributed by atoms with Gasteiger partial charge in [0.1, 0.15) is 0 Å². The minimum absolute atomic E-state index is 0.141. The Balaban J connectivity index is 1.79. The van der Waals surface area contributed by atoms with E-state index in [4.69, 9.17) is 9.26 Å². The van der Waals surface area contributed by atoms with Gasteiger partial charge in [0.15, 0.2) is 5.82 Å². The number of amides is 1. The van der Waals surface area contributed by atoms with Crippen LogP contribution in [0.25, 0.3) is 0 Å². The fourth-order valence-electron chi connectivity index (χ4n) is 2.28. The highest BCUT2D eigenvalue weighted by molar-refractivity contribution is 5.76. The fourth-order valence-corrected chi connectivity index (χ4v) is 2.28. The summed E-state index contributed by atoms with van der Waals surface area (Å²) in [5.74, 6) is 1.43. The predicted molar refractivity (Wildman–Crippen MR) is 73.2 cm³/mol. The number of aromatic nitrogens is 2. The van der Waals surface area contributed by atoms with Crippen LogP contribution in [0.2, 0.25) is 0 Å². The number of carbonyl (C=O) groups excluding carboxylic acids is 1. The first-order valence-electron chi connectivity index (χ1n) is 7.43. The molecule has 0 unspecified atom stereocenters. The van der Waals surface area contributed by atoms with E-state index in [-0.39, 0.29) is 12.0 Å². The molecule has 6 heteroatoms. The van der Waals surface area contributed by atoms with Crippen LogP contribution in [0.1, 0.15) is 44.8 Å². The molecule has 1 aromatic heterocycles. The summed E-state index contributed by atoms with van der Waals surface area (Å²) in [6, 6.07) is 0. The first-order valence-corrected chi connectivity index (χ1v) is 7.43. The Morgan fingerprint density at radius 3 is 3.00 bits per heavy atom. The lowest BCUT2D eigenvalue weighted by molar-refractivity contribution is -0.138. The van der Waals surface area contributed by atoms with E-state index < -0.39 is 0 Å². The molecule has 1 aliphatic heterocycles. The minimum atomic E-state index is 0.141. The number of ether oxygens (including phenoxy) is 1. The molecule has 0 aromatic carbocycles. The molecule has 1 aliphatic rings. The van der Waals surface area contributed by atoms with Gasteiger partial charge in [0, 0.05) is 32.4 Å². The second-order valence-electron chi connectivity index (χ2n) is 5.10. The number of rotatable bonds is 6. The van der Waals surface area contributed by atoms with Crippen molar-refractivity contribution in [2.24, 2.45) is 0 Å². The average molecular weight is 281 g/mol. The van der Waals surface area contributed by atoms with E-state index in [1.54, 1.807) is 0 Å². The van der Waals surface area contributed by atoms with Crippen LogP contribution in [0.5, 0.6) is 0 Å². The van der Waals surface area contributed by atoms with Crippen molar-refractivity contribution in [3.63, 3.8) is 0 Å². The van der Waals surface area contributed by atoms with Crippen molar-refractivity contribution >= 4 is 5.91 Å². The van der Waals surface area contributed by atoms with Crippen molar-refractivity contribution in [1.82, 2.24) is 15.0 Å². The Morgan fingerprint density at radius 1 is 1.40 bits per heavy atom. The molecule has 0 N–H and O–H groups in total. The smallest absolute Gasteiger partial charge is 0.227 e. The van der Waals surface area contributed by atoms with E-state index in [0.717, 1.165) is 25.1 Å². The quantitative estimate of drug-likeness (QED) is 0.792. The van der Waals surface area contributed by atoms with Crippen molar-refractivity contribution in [3.8, 4) is 0 Å². The number of hydrogen-bond donors (Lipinski definition) is 0. The monoisotopic (exact) mass is 281 g/mol. The van der Waals surface area contributed by atoms with Crippen LogP contribution in [0.15, 0.2) is 4.52 Å². The van der Waals surface area contributed by atoms with Gasteiger partial charge >= 0.3 is 0 Å². The molecule has 0 spiro atoms. The summed E-state index contributed by atoms with van der Waals surface area (Å²) >= 11 is 0. The molecule has 1 saturated heterocycles. The van der Waals surface area contributed by atoms with Crippen molar-refractivity contribution in [3.05, 3.63) is 11.7 Å². The molecule has 0 aliphatic carbocycles. The van der Waals surface area contributed by atoms with Crippen LogP contribution in [-0.2, 0) is 22.4 Å². The summed E-state index contributed by atoms with van der Waals surface area (Å²) in [7, 11) is 0. The number of morpholine rings is 1. The van der Waals surface area contributed by atoms with Crippen LogP contribution < -0.4 is 0 Å². The van der Waals surface area contributed by atoms with Crippen LogP contribution in [-0.4, -0.2) is 46.7 Å². The summed E-state index contributed by atoms with van der Waals surface area (Å²) in [4.78, 5) is 18.3. The Labute approximate surface area is 119 Å². The Hall–Kier alpha value is -1.43. The molecule has 1 atom stereocenters. The van der Waals surface area contributed by atoms with Crippen molar-refractivity contribution in [1.29, 1.82) is 0 Å². The lowest BCUT2D eigenvalue weighted by Gasteiger charge is -2.32. The summed E-state index contributed by atoms with van der Waals surface area (Å²) in [5.41, 5.74) is 0. The predicted octanol–water partition coefficient (Wildman–Crippen LogP) is 1.59. The summed E-state index contributed by atoms with van der Waals surface area (Å²) in [6.45, 7) is 6.15. The number of carbonyl (C=O) groups is 1. The standard InChI is InChI=1S/C14H23N3O3/c1-3-5-12-15-13(20-16-12)6-7-14(18)17-8-9-19-11(4-2)10-17/h11H,3-10H2,1-2H3/t11-/m1/s1. The topological polar surface area (TPSA) is 68.5 Å². The highest BCUT2D eigenvalue weighted by Crippen LogP contribution is 2.11. The Bertz CT molecular complexity index is 433. The molecule has 2 rings (SSSR count). The third-order valence-corrected chi connectivity index (χ3v) is 3.48. The summed E-state index contributed by atoms with van der Waals surface area (Å²) < 4.78 is 10.7. The highest BCUT2D eigenvalue weighted by atomic mass is 16.5. The lowest BCUT2D eigenvalue weighted by atomic mass is 10.2. The molecular formula is C14H23N3O3. The molecule has 1 amide bonds. The molecule has 1 fully saturated rings. The fraction of sp³-hybridized carbons (Fsp3) is 0.786. The minimum Gasteiger partial charge on any atom is -0.375 e. The zero-order valence-electron chi connectivity index (χ0n) is 12.3.